The molecule has 13 heavy (non-hydrogen) atoms. The standard InChI is InChI=1S/C12H21N/c1-10-3-9-4-11(2,6-10)8-12(13,5-9)7-10/h9H,3-8,13H2,1-2H3/t9?,10-,11+,12+. The van der Waals surface area contributed by atoms with Crippen LogP contribution in [0.3, 0.4) is 0 Å². The molecule has 0 aromatic rings. The Bertz CT molecular complexity index is 207. The molecule has 0 amide bonds. The lowest BCUT2D eigenvalue weighted by Crippen LogP contribution is -2.62. The van der Waals surface area contributed by atoms with Gasteiger partial charge in [0.05, 0.1) is 0 Å². The molecule has 0 spiro atoms. The van der Waals surface area contributed by atoms with Crippen LogP contribution in [0.2, 0.25) is 0 Å². The van der Waals surface area contributed by atoms with Gasteiger partial charge in [-0.05, 0) is 55.3 Å². The van der Waals surface area contributed by atoms with Gasteiger partial charge in [0.25, 0.3) is 0 Å². The van der Waals surface area contributed by atoms with Crippen molar-refractivity contribution in [2.75, 3.05) is 0 Å². The van der Waals surface area contributed by atoms with Crippen LogP contribution in [0.15, 0.2) is 0 Å². The molecule has 0 saturated heterocycles. The lowest BCUT2D eigenvalue weighted by atomic mass is 9.43. The molecule has 4 aliphatic carbocycles. The van der Waals surface area contributed by atoms with Crippen LogP contribution in [0, 0.1) is 16.7 Å². The second-order valence-corrected chi connectivity index (χ2v) is 6.99. The molecule has 4 rings (SSSR count). The average molecular weight is 179 g/mol. The molecule has 0 aromatic carbocycles. The minimum absolute atomic E-state index is 0.225. The van der Waals surface area contributed by atoms with Crippen LogP contribution in [0.4, 0.5) is 0 Å². The van der Waals surface area contributed by atoms with Crippen molar-refractivity contribution < 1.29 is 0 Å². The summed E-state index contributed by atoms with van der Waals surface area (Å²) in [6.07, 6.45) is 8.27. The molecule has 4 atom stereocenters. The van der Waals surface area contributed by atoms with Crippen molar-refractivity contribution in [3.63, 3.8) is 0 Å². The summed E-state index contributed by atoms with van der Waals surface area (Å²) in [7, 11) is 0. The first-order chi connectivity index (χ1) is 5.91. The summed E-state index contributed by atoms with van der Waals surface area (Å²) < 4.78 is 0. The predicted octanol–water partition coefficient (Wildman–Crippen LogP) is 2.69. The van der Waals surface area contributed by atoms with Gasteiger partial charge < -0.3 is 5.73 Å². The van der Waals surface area contributed by atoms with E-state index in [0.717, 1.165) is 5.92 Å². The van der Waals surface area contributed by atoms with Gasteiger partial charge in [-0.2, -0.15) is 0 Å². The molecule has 2 N–H and O–H groups in total. The molecule has 1 nitrogen and oxygen atoms in total. The Balaban J connectivity index is 2.03. The van der Waals surface area contributed by atoms with E-state index in [1.165, 1.54) is 38.5 Å². The Labute approximate surface area is 81.1 Å². The number of hydrogen-bond donors (Lipinski definition) is 1. The maximum absolute atomic E-state index is 6.49. The minimum atomic E-state index is 0.225. The molecular weight excluding hydrogens is 158 g/mol. The van der Waals surface area contributed by atoms with Crippen LogP contribution in [0.1, 0.15) is 52.4 Å². The van der Waals surface area contributed by atoms with Crippen LogP contribution < -0.4 is 5.73 Å². The van der Waals surface area contributed by atoms with Gasteiger partial charge in [0.1, 0.15) is 0 Å². The third-order valence-corrected chi connectivity index (χ3v) is 4.67. The van der Waals surface area contributed by atoms with Gasteiger partial charge in [0.2, 0.25) is 0 Å². The van der Waals surface area contributed by atoms with Crippen molar-refractivity contribution in [3.8, 4) is 0 Å². The van der Waals surface area contributed by atoms with Crippen molar-refractivity contribution in [1.82, 2.24) is 0 Å². The number of rotatable bonds is 0. The van der Waals surface area contributed by atoms with Crippen LogP contribution in [0.5, 0.6) is 0 Å². The highest BCUT2D eigenvalue weighted by molar-refractivity contribution is 5.12. The highest BCUT2D eigenvalue weighted by Gasteiger charge is 2.58. The van der Waals surface area contributed by atoms with Crippen molar-refractivity contribution in [2.45, 2.75) is 57.9 Å². The van der Waals surface area contributed by atoms with Gasteiger partial charge in [0.15, 0.2) is 0 Å². The van der Waals surface area contributed by atoms with Gasteiger partial charge in [0, 0.05) is 5.54 Å². The van der Waals surface area contributed by atoms with Crippen LogP contribution in [0.25, 0.3) is 0 Å². The molecule has 4 saturated carbocycles. The molecule has 1 unspecified atom stereocenters. The first kappa shape index (κ1) is 8.28. The zero-order chi connectivity index (χ0) is 9.32. The van der Waals surface area contributed by atoms with E-state index < -0.39 is 0 Å². The molecule has 0 aliphatic heterocycles. The van der Waals surface area contributed by atoms with Crippen molar-refractivity contribution >= 4 is 0 Å². The van der Waals surface area contributed by atoms with Crippen LogP contribution in [-0.4, -0.2) is 5.54 Å². The van der Waals surface area contributed by atoms with Gasteiger partial charge in [-0.15, -0.1) is 0 Å². The van der Waals surface area contributed by atoms with E-state index >= 15 is 0 Å². The monoisotopic (exact) mass is 179 g/mol. The summed E-state index contributed by atoms with van der Waals surface area (Å²) >= 11 is 0. The summed E-state index contributed by atoms with van der Waals surface area (Å²) in [6, 6.07) is 0. The van der Waals surface area contributed by atoms with Crippen LogP contribution >= 0.6 is 0 Å². The summed E-state index contributed by atoms with van der Waals surface area (Å²) in [5.74, 6) is 0.955. The van der Waals surface area contributed by atoms with Gasteiger partial charge >= 0.3 is 0 Å². The Hall–Kier alpha value is -0.0400. The fraction of sp³-hybridized carbons (Fsp3) is 1.00. The molecule has 4 bridgehead atoms. The third kappa shape index (κ3) is 1.09. The summed E-state index contributed by atoms with van der Waals surface area (Å²) in [5.41, 5.74) is 7.92. The van der Waals surface area contributed by atoms with E-state index in [-0.39, 0.29) is 5.54 Å². The zero-order valence-corrected chi connectivity index (χ0v) is 8.90. The Morgan fingerprint density at radius 1 is 0.923 bits per heavy atom. The third-order valence-electron chi connectivity index (χ3n) is 4.67. The maximum Gasteiger partial charge on any atom is 0.0167 e. The number of hydrogen-bond acceptors (Lipinski definition) is 1. The van der Waals surface area contributed by atoms with Crippen molar-refractivity contribution in [3.05, 3.63) is 0 Å². The summed E-state index contributed by atoms with van der Waals surface area (Å²) in [6.45, 7) is 4.94. The largest absolute Gasteiger partial charge is 0.325 e. The van der Waals surface area contributed by atoms with E-state index in [1.54, 1.807) is 0 Å². The molecule has 4 fully saturated rings. The fourth-order valence-electron chi connectivity index (χ4n) is 5.54. The first-order valence-electron chi connectivity index (χ1n) is 5.70. The quantitative estimate of drug-likeness (QED) is 0.608. The minimum Gasteiger partial charge on any atom is -0.325 e. The van der Waals surface area contributed by atoms with Crippen LogP contribution in [-0.2, 0) is 0 Å². The van der Waals surface area contributed by atoms with E-state index in [9.17, 15) is 0 Å². The normalized spacial score (nSPS) is 64.4. The van der Waals surface area contributed by atoms with E-state index in [2.05, 4.69) is 13.8 Å². The van der Waals surface area contributed by atoms with E-state index in [1.807, 2.05) is 0 Å². The molecule has 74 valence electrons. The predicted molar refractivity (Wildman–Crippen MR) is 54.3 cm³/mol. The van der Waals surface area contributed by atoms with Gasteiger partial charge in [-0.3, -0.25) is 0 Å². The smallest absolute Gasteiger partial charge is 0.0167 e. The van der Waals surface area contributed by atoms with Gasteiger partial charge in [-0.25, -0.2) is 0 Å². The second-order valence-electron chi connectivity index (χ2n) is 6.99. The second kappa shape index (κ2) is 1.98. The average Bonchev–Trinajstić information content (AvgIpc) is 1.71. The SMILES string of the molecule is C[C@]12CC3C[C@](C)(C1)C[C@@](N)(C3)C2. The topological polar surface area (TPSA) is 26.0 Å². The molecule has 0 radical (unpaired) electrons. The lowest BCUT2D eigenvalue weighted by Gasteiger charge is -2.64. The van der Waals surface area contributed by atoms with Crippen molar-refractivity contribution in [2.24, 2.45) is 22.5 Å². The zero-order valence-electron chi connectivity index (χ0n) is 8.90. The highest BCUT2D eigenvalue weighted by Crippen LogP contribution is 2.65. The summed E-state index contributed by atoms with van der Waals surface area (Å²) in [5, 5.41) is 0. The lowest BCUT2D eigenvalue weighted by molar-refractivity contribution is -0.104. The molecular formula is C12H21N. The first-order valence-corrected chi connectivity index (χ1v) is 5.70. The Morgan fingerprint density at radius 2 is 1.46 bits per heavy atom. The number of nitrogens with two attached hydrogens (primary N) is 1. The van der Waals surface area contributed by atoms with E-state index in [4.69, 9.17) is 5.73 Å². The van der Waals surface area contributed by atoms with E-state index in [0.29, 0.717) is 10.8 Å². The summed E-state index contributed by atoms with van der Waals surface area (Å²) in [4.78, 5) is 0. The Kier molecular flexibility index (Phi) is 1.26. The maximum atomic E-state index is 6.49. The Morgan fingerprint density at radius 3 is 1.85 bits per heavy atom. The van der Waals surface area contributed by atoms with Crippen molar-refractivity contribution in [1.29, 1.82) is 0 Å². The molecule has 0 heterocycles. The molecule has 1 heteroatoms. The molecule has 0 aromatic heterocycles. The van der Waals surface area contributed by atoms with Gasteiger partial charge in [-0.1, -0.05) is 13.8 Å². The molecule has 4 aliphatic rings. The fourth-order valence-corrected chi connectivity index (χ4v) is 5.54. The highest BCUT2D eigenvalue weighted by atomic mass is 14.8.